The molecule has 22 heavy (non-hydrogen) atoms. The number of nitrogens with zero attached hydrogens (tertiary/aromatic N) is 2. The summed E-state index contributed by atoms with van der Waals surface area (Å²) in [6.45, 7) is 7.88. The molecule has 2 aromatic rings. The first-order chi connectivity index (χ1) is 10.2. The molecule has 0 fully saturated rings. The standard InChI is InChI=1S/C16H19ClN4O/c1-10-9-11(17)5-6-12(10)19-14(22)13-7-8-18-15(20-13)21-16(2,3)4/h5-9H,1-4H3,(H,19,22)(H,18,20,21). The maximum absolute atomic E-state index is 12.3. The Kier molecular flexibility index (Phi) is 4.66. The number of anilines is 2. The number of rotatable bonds is 3. The van der Waals surface area contributed by atoms with E-state index in [-0.39, 0.29) is 11.4 Å². The Labute approximate surface area is 135 Å². The summed E-state index contributed by atoms with van der Waals surface area (Å²) >= 11 is 5.91. The van der Waals surface area contributed by atoms with Crippen LogP contribution in [0.5, 0.6) is 0 Å². The van der Waals surface area contributed by atoms with E-state index in [4.69, 9.17) is 11.6 Å². The van der Waals surface area contributed by atoms with Crippen LogP contribution in [0.2, 0.25) is 5.02 Å². The maximum Gasteiger partial charge on any atom is 0.274 e. The number of carbonyl (C=O) groups excluding carboxylic acids is 1. The molecule has 0 aliphatic heterocycles. The van der Waals surface area contributed by atoms with Gasteiger partial charge in [0.05, 0.1) is 0 Å². The summed E-state index contributed by atoms with van der Waals surface area (Å²) in [6, 6.07) is 6.87. The third-order valence-corrected chi connectivity index (χ3v) is 3.05. The molecule has 6 heteroatoms. The summed E-state index contributed by atoms with van der Waals surface area (Å²) in [5.41, 5.74) is 1.72. The van der Waals surface area contributed by atoms with Gasteiger partial charge in [-0.1, -0.05) is 11.6 Å². The number of carbonyl (C=O) groups is 1. The Bertz CT molecular complexity index is 695. The van der Waals surface area contributed by atoms with Crippen LogP contribution < -0.4 is 10.6 Å². The number of nitrogens with one attached hydrogen (secondary N) is 2. The van der Waals surface area contributed by atoms with E-state index in [1.807, 2.05) is 27.7 Å². The quantitative estimate of drug-likeness (QED) is 0.900. The molecule has 0 saturated carbocycles. The second kappa shape index (κ2) is 6.32. The van der Waals surface area contributed by atoms with E-state index in [0.29, 0.717) is 22.4 Å². The first-order valence-corrected chi connectivity index (χ1v) is 7.31. The Balaban J connectivity index is 2.17. The van der Waals surface area contributed by atoms with Crippen LogP contribution in [0.1, 0.15) is 36.8 Å². The molecule has 1 aromatic carbocycles. The minimum atomic E-state index is -0.287. The fourth-order valence-electron chi connectivity index (χ4n) is 1.83. The highest BCUT2D eigenvalue weighted by Gasteiger charge is 2.14. The monoisotopic (exact) mass is 318 g/mol. The number of halogens is 1. The van der Waals surface area contributed by atoms with Crippen molar-refractivity contribution in [1.82, 2.24) is 9.97 Å². The predicted octanol–water partition coefficient (Wildman–Crippen LogP) is 3.90. The topological polar surface area (TPSA) is 66.9 Å². The summed E-state index contributed by atoms with van der Waals surface area (Å²) in [5, 5.41) is 6.60. The zero-order valence-corrected chi connectivity index (χ0v) is 13.8. The molecule has 1 amide bonds. The minimum Gasteiger partial charge on any atom is -0.350 e. The highest BCUT2D eigenvalue weighted by atomic mass is 35.5. The van der Waals surface area contributed by atoms with Crippen molar-refractivity contribution in [3.63, 3.8) is 0 Å². The van der Waals surface area contributed by atoms with Crippen LogP contribution in [-0.4, -0.2) is 21.4 Å². The summed E-state index contributed by atoms with van der Waals surface area (Å²) in [4.78, 5) is 20.7. The number of hydrogen-bond donors (Lipinski definition) is 2. The van der Waals surface area contributed by atoms with Crippen LogP contribution in [-0.2, 0) is 0 Å². The van der Waals surface area contributed by atoms with Crippen LogP contribution >= 0.6 is 11.6 Å². The molecule has 0 aliphatic carbocycles. The average Bonchev–Trinajstić information content (AvgIpc) is 2.40. The number of benzene rings is 1. The third kappa shape index (κ3) is 4.43. The third-order valence-electron chi connectivity index (χ3n) is 2.81. The van der Waals surface area contributed by atoms with Crippen LogP contribution in [0.3, 0.4) is 0 Å². The van der Waals surface area contributed by atoms with Crippen LogP contribution in [0.4, 0.5) is 11.6 Å². The molecule has 0 radical (unpaired) electrons. The van der Waals surface area contributed by atoms with Gasteiger partial charge < -0.3 is 10.6 Å². The fraction of sp³-hybridized carbons (Fsp3) is 0.312. The molecule has 1 aromatic heterocycles. The Morgan fingerprint density at radius 1 is 1.23 bits per heavy atom. The molecule has 2 rings (SSSR count). The van der Waals surface area contributed by atoms with Gasteiger partial charge in [0.2, 0.25) is 5.95 Å². The van der Waals surface area contributed by atoms with E-state index < -0.39 is 0 Å². The van der Waals surface area contributed by atoms with Gasteiger partial charge in [0, 0.05) is 22.4 Å². The van der Waals surface area contributed by atoms with Gasteiger partial charge >= 0.3 is 0 Å². The maximum atomic E-state index is 12.3. The molecule has 0 unspecified atom stereocenters. The smallest absolute Gasteiger partial charge is 0.274 e. The van der Waals surface area contributed by atoms with Gasteiger partial charge in [-0.3, -0.25) is 4.79 Å². The summed E-state index contributed by atoms with van der Waals surface area (Å²) < 4.78 is 0. The Hall–Kier alpha value is -2.14. The van der Waals surface area contributed by atoms with E-state index in [1.54, 1.807) is 30.5 Å². The predicted molar refractivity (Wildman–Crippen MR) is 89.5 cm³/mol. The van der Waals surface area contributed by atoms with Crippen molar-refractivity contribution >= 4 is 29.1 Å². The van der Waals surface area contributed by atoms with Crippen LogP contribution in [0.15, 0.2) is 30.5 Å². The van der Waals surface area contributed by atoms with E-state index in [0.717, 1.165) is 5.56 Å². The van der Waals surface area contributed by atoms with Gasteiger partial charge in [-0.05, 0) is 57.5 Å². The number of aryl methyl sites for hydroxylation is 1. The molecule has 0 spiro atoms. The van der Waals surface area contributed by atoms with Gasteiger partial charge in [-0.25, -0.2) is 9.97 Å². The van der Waals surface area contributed by atoms with Gasteiger partial charge in [-0.2, -0.15) is 0 Å². The van der Waals surface area contributed by atoms with E-state index in [2.05, 4.69) is 20.6 Å². The van der Waals surface area contributed by atoms with Crippen molar-refractivity contribution in [2.24, 2.45) is 0 Å². The number of hydrogen-bond acceptors (Lipinski definition) is 4. The van der Waals surface area contributed by atoms with Crippen molar-refractivity contribution in [2.45, 2.75) is 33.2 Å². The lowest BCUT2D eigenvalue weighted by molar-refractivity contribution is 0.102. The van der Waals surface area contributed by atoms with Crippen LogP contribution in [0.25, 0.3) is 0 Å². The normalized spacial score (nSPS) is 11.1. The van der Waals surface area contributed by atoms with Gasteiger partial charge in [0.1, 0.15) is 5.69 Å². The summed E-state index contributed by atoms with van der Waals surface area (Å²) in [7, 11) is 0. The Morgan fingerprint density at radius 2 is 1.95 bits per heavy atom. The SMILES string of the molecule is Cc1cc(Cl)ccc1NC(=O)c1ccnc(NC(C)(C)C)n1. The number of amides is 1. The molecular formula is C16H19ClN4O. The molecular weight excluding hydrogens is 300 g/mol. The van der Waals surface area contributed by atoms with Gasteiger partial charge in [0.15, 0.2) is 0 Å². The molecule has 5 nitrogen and oxygen atoms in total. The van der Waals surface area contributed by atoms with Crippen molar-refractivity contribution in [3.8, 4) is 0 Å². The largest absolute Gasteiger partial charge is 0.350 e. The van der Waals surface area contributed by atoms with Crippen molar-refractivity contribution in [1.29, 1.82) is 0 Å². The van der Waals surface area contributed by atoms with Crippen molar-refractivity contribution < 1.29 is 4.79 Å². The number of aromatic nitrogens is 2. The zero-order chi connectivity index (χ0) is 16.3. The van der Waals surface area contributed by atoms with Gasteiger partial charge in [0.25, 0.3) is 5.91 Å². The molecule has 0 saturated heterocycles. The molecule has 0 aliphatic rings. The van der Waals surface area contributed by atoms with Crippen LogP contribution in [0, 0.1) is 6.92 Å². The molecule has 2 N–H and O–H groups in total. The fourth-order valence-corrected chi connectivity index (χ4v) is 2.06. The van der Waals surface area contributed by atoms with Gasteiger partial charge in [-0.15, -0.1) is 0 Å². The highest BCUT2D eigenvalue weighted by Crippen LogP contribution is 2.20. The second-order valence-corrected chi connectivity index (χ2v) is 6.49. The summed E-state index contributed by atoms with van der Waals surface area (Å²) in [6.07, 6.45) is 1.56. The highest BCUT2D eigenvalue weighted by molar-refractivity contribution is 6.30. The molecule has 0 bridgehead atoms. The second-order valence-electron chi connectivity index (χ2n) is 6.05. The van der Waals surface area contributed by atoms with E-state index >= 15 is 0 Å². The van der Waals surface area contributed by atoms with E-state index in [9.17, 15) is 4.79 Å². The van der Waals surface area contributed by atoms with Crippen molar-refractivity contribution in [2.75, 3.05) is 10.6 Å². The Morgan fingerprint density at radius 3 is 2.59 bits per heavy atom. The lowest BCUT2D eigenvalue weighted by Gasteiger charge is -2.20. The summed E-state index contributed by atoms with van der Waals surface area (Å²) in [5.74, 6) is 0.137. The molecule has 0 atom stereocenters. The average molecular weight is 319 g/mol. The first kappa shape index (κ1) is 16.2. The lowest BCUT2D eigenvalue weighted by Crippen LogP contribution is -2.28. The lowest BCUT2D eigenvalue weighted by atomic mass is 10.1. The molecule has 1 heterocycles. The zero-order valence-electron chi connectivity index (χ0n) is 13.1. The first-order valence-electron chi connectivity index (χ1n) is 6.93. The van der Waals surface area contributed by atoms with E-state index in [1.165, 1.54) is 0 Å². The van der Waals surface area contributed by atoms with Crippen molar-refractivity contribution in [3.05, 3.63) is 46.7 Å². The molecule has 116 valence electrons. The minimum absolute atomic E-state index is 0.179.